The predicted molar refractivity (Wildman–Crippen MR) is 62.9 cm³/mol. The fourth-order valence-corrected chi connectivity index (χ4v) is 2.03. The molecule has 88 valence electrons. The molecular weight excluding hydrogens is 226 g/mol. The molecule has 1 atom stereocenters. The molecule has 0 aliphatic heterocycles. The minimum atomic E-state index is -0.840. The third kappa shape index (κ3) is 4.02. The molecule has 2 N–H and O–H groups in total. The van der Waals surface area contributed by atoms with Gasteiger partial charge in [0, 0.05) is 17.3 Å². The highest BCUT2D eigenvalue weighted by Gasteiger charge is 2.12. The van der Waals surface area contributed by atoms with Crippen LogP contribution in [0.2, 0.25) is 0 Å². The van der Waals surface area contributed by atoms with Crippen LogP contribution in [0.5, 0.6) is 0 Å². The van der Waals surface area contributed by atoms with Crippen LogP contribution in [0, 0.1) is 6.92 Å². The number of rotatable bonds is 5. The fourth-order valence-electron chi connectivity index (χ4n) is 1.26. The van der Waals surface area contributed by atoms with E-state index < -0.39 is 5.97 Å². The van der Waals surface area contributed by atoms with E-state index in [-0.39, 0.29) is 18.4 Å². The van der Waals surface area contributed by atoms with Gasteiger partial charge in [0.15, 0.2) is 0 Å². The summed E-state index contributed by atoms with van der Waals surface area (Å²) in [6, 6.07) is 3.55. The topological polar surface area (TPSA) is 66.4 Å². The summed E-state index contributed by atoms with van der Waals surface area (Å²) in [6.45, 7) is 3.75. The number of carboxylic acids is 1. The summed E-state index contributed by atoms with van der Waals surface area (Å²) >= 11 is 1.43. The number of hydrogen-bond donors (Lipinski definition) is 2. The molecule has 4 nitrogen and oxygen atoms in total. The van der Waals surface area contributed by atoms with Gasteiger partial charge in [0.1, 0.15) is 0 Å². The molecule has 5 heteroatoms. The van der Waals surface area contributed by atoms with Crippen LogP contribution in [-0.4, -0.2) is 23.0 Å². The van der Waals surface area contributed by atoms with Gasteiger partial charge in [-0.3, -0.25) is 9.59 Å². The number of nitrogens with one attached hydrogen (secondary N) is 1. The zero-order valence-electron chi connectivity index (χ0n) is 9.32. The summed E-state index contributed by atoms with van der Waals surface area (Å²) in [4.78, 5) is 23.8. The molecule has 0 aliphatic rings. The maximum absolute atomic E-state index is 11.7. The van der Waals surface area contributed by atoms with Crippen LogP contribution >= 0.6 is 11.3 Å². The van der Waals surface area contributed by atoms with Crippen molar-refractivity contribution in [2.24, 2.45) is 0 Å². The second-order valence-corrected chi connectivity index (χ2v) is 5.01. The van der Waals surface area contributed by atoms with Crippen molar-refractivity contribution in [1.29, 1.82) is 0 Å². The average molecular weight is 241 g/mol. The smallest absolute Gasteiger partial charge is 0.303 e. The second-order valence-electron chi connectivity index (χ2n) is 3.72. The predicted octanol–water partition coefficient (Wildman–Crippen LogP) is 2.04. The maximum Gasteiger partial charge on any atom is 0.303 e. The van der Waals surface area contributed by atoms with Gasteiger partial charge in [0.25, 0.3) is 5.91 Å². The highest BCUT2D eigenvalue weighted by atomic mass is 32.1. The van der Waals surface area contributed by atoms with Crippen LogP contribution in [-0.2, 0) is 4.79 Å². The molecule has 0 spiro atoms. The fraction of sp³-hybridized carbons (Fsp3) is 0.455. The molecule has 0 radical (unpaired) electrons. The van der Waals surface area contributed by atoms with Crippen LogP contribution in [0.4, 0.5) is 0 Å². The van der Waals surface area contributed by atoms with Gasteiger partial charge in [-0.1, -0.05) is 0 Å². The lowest BCUT2D eigenvalue weighted by Crippen LogP contribution is -2.32. The van der Waals surface area contributed by atoms with Crippen molar-refractivity contribution in [3.63, 3.8) is 0 Å². The van der Waals surface area contributed by atoms with Crippen molar-refractivity contribution in [3.05, 3.63) is 21.9 Å². The lowest BCUT2D eigenvalue weighted by atomic mass is 10.2. The van der Waals surface area contributed by atoms with E-state index in [2.05, 4.69) is 5.32 Å². The molecule has 16 heavy (non-hydrogen) atoms. The van der Waals surface area contributed by atoms with Gasteiger partial charge >= 0.3 is 5.97 Å². The van der Waals surface area contributed by atoms with Gasteiger partial charge in [0.2, 0.25) is 0 Å². The Morgan fingerprint density at radius 3 is 2.69 bits per heavy atom. The summed E-state index contributed by atoms with van der Waals surface area (Å²) in [7, 11) is 0. The highest BCUT2D eigenvalue weighted by Crippen LogP contribution is 2.15. The molecule has 0 saturated heterocycles. The zero-order valence-corrected chi connectivity index (χ0v) is 10.1. The van der Waals surface area contributed by atoms with Crippen LogP contribution in [0.15, 0.2) is 12.1 Å². The Labute approximate surface area is 98.3 Å². The third-order valence-electron chi connectivity index (χ3n) is 2.13. The van der Waals surface area contributed by atoms with Crippen molar-refractivity contribution < 1.29 is 14.7 Å². The van der Waals surface area contributed by atoms with Crippen molar-refractivity contribution >= 4 is 23.2 Å². The van der Waals surface area contributed by atoms with Crippen molar-refractivity contribution in [2.45, 2.75) is 32.7 Å². The molecule has 1 heterocycles. The number of thiophene rings is 1. The molecule has 0 aliphatic carbocycles. The molecule has 0 saturated carbocycles. The number of carboxylic acid groups (broad SMARTS) is 1. The molecule has 1 amide bonds. The number of carbonyl (C=O) groups excluding carboxylic acids is 1. The first-order valence-electron chi connectivity index (χ1n) is 5.08. The SMILES string of the molecule is Cc1ccc(C(=O)NC(C)CCC(=O)O)s1. The lowest BCUT2D eigenvalue weighted by Gasteiger charge is -2.11. The Hall–Kier alpha value is -1.36. The van der Waals surface area contributed by atoms with Crippen molar-refractivity contribution in [1.82, 2.24) is 5.32 Å². The van der Waals surface area contributed by atoms with Gasteiger partial charge in [-0.15, -0.1) is 11.3 Å². The Morgan fingerprint density at radius 1 is 1.50 bits per heavy atom. The minimum absolute atomic E-state index is 0.0743. The molecule has 1 unspecified atom stereocenters. The summed E-state index contributed by atoms with van der Waals surface area (Å²) < 4.78 is 0. The first-order chi connectivity index (χ1) is 7.49. The van der Waals surface area contributed by atoms with Crippen molar-refractivity contribution in [2.75, 3.05) is 0 Å². The number of amides is 1. The Balaban J connectivity index is 2.42. The molecule has 0 fully saturated rings. The van der Waals surface area contributed by atoms with Crippen LogP contribution in [0.25, 0.3) is 0 Å². The van der Waals surface area contributed by atoms with E-state index in [1.807, 2.05) is 13.0 Å². The second kappa shape index (κ2) is 5.65. The van der Waals surface area contributed by atoms with E-state index in [9.17, 15) is 9.59 Å². The molecule has 1 rings (SSSR count). The number of hydrogen-bond acceptors (Lipinski definition) is 3. The molecule has 0 aromatic carbocycles. The first kappa shape index (κ1) is 12.7. The van der Waals surface area contributed by atoms with Crippen LogP contribution < -0.4 is 5.32 Å². The van der Waals surface area contributed by atoms with Gasteiger partial charge in [-0.05, 0) is 32.4 Å². The van der Waals surface area contributed by atoms with E-state index in [4.69, 9.17) is 5.11 Å². The van der Waals surface area contributed by atoms with Gasteiger partial charge in [0.05, 0.1) is 4.88 Å². The van der Waals surface area contributed by atoms with Crippen LogP contribution in [0.3, 0.4) is 0 Å². The first-order valence-corrected chi connectivity index (χ1v) is 5.90. The molecule has 0 bridgehead atoms. The molecular formula is C11H15NO3S. The lowest BCUT2D eigenvalue weighted by molar-refractivity contribution is -0.137. The van der Waals surface area contributed by atoms with Gasteiger partial charge in [-0.2, -0.15) is 0 Å². The summed E-state index contributed by atoms with van der Waals surface area (Å²) in [5, 5.41) is 11.3. The van der Waals surface area contributed by atoms with E-state index in [0.717, 1.165) is 4.88 Å². The molecule has 1 aromatic rings. The number of carbonyl (C=O) groups is 2. The van der Waals surface area contributed by atoms with E-state index >= 15 is 0 Å². The van der Waals surface area contributed by atoms with Crippen molar-refractivity contribution in [3.8, 4) is 0 Å². The zero-order chi connectivity index (χ0) is 12.1. The maximum atomic E-state index is 11.7. The third-order valence-corrected chi connectivity index (χ3v) is 3.13. The van der Waals surface area contributed by atoms with Crippen LogP contribution in [0.1, 0.15) is 34.3 Å². The number of aliphatic carboxylic acids is 1. The standard InChI is InChI=1S/C11H15NO3S/c1-7(3-6-10(13)14)12-11(15)9-5-4-8(2)16-9/h4-5,7H,3,6H2,1-2H3,(H,12,15)(H,13,14). The monoisotopic (exact) mass is 241 g/mol. The van der Waals surface area contributed by atoms with E-state index in [1.165, 1.54) is 11.3 Å². The Kier molecular flexibility index (Phi) is 4.49. The molecule has 1 aromatic heterocycles. The normalized spacial score (nSPS) is 12.1. The van der Waals surface area contributed by atoms with E-state index in [0.29, 0.717) is 11.3 Å². The summed E-state index contributed by atoms with van der Waals surface area (Å²) in [6.07, 6.45) is 0.524. The van der Waals surface area contributed by atoms with Gasteiger partial charge < -0.3 is 10.4 Å². The number of aryl methyl sites for hydroxylation is 1. The minimum Gasteiger partial charge on any atom is -0.481 e. The summed E-state index contributed by atoms with van der Waals surface area (Å²) in [5.41, 5.74) is 0. The summed E-state index contributed by atoms with van der Waals surface area (Å²) in [5.74, 6) is -0.968. The highest BCUT2D eigenvalue weighted by molar-refractivity contribution is 7.13. The van der Waals surface area contributed by atoms with E-state index in [1.54, 1.807) is 13.0 Å². The van der Waals surface area contributed by atoms with Gasteiger partial charge in [-0.25, -0.2) is 0 Å². The Bertz CT molecular complexity index is 386. The average Bonchev–Trinajstić information content (AvgIpc) is 2.62. The largest absolute Gasteiger partial charge is 0.481 e. The Morgan fingerprint density at radius 2 is 2.19 bits per heavy atom. The quantitative estimate of drug-likeness (QED) is 0.829.